The summed E-state index contributed by atoms with van der Waals surface area (Å²) in [5.41, 5.74) is 2.84. The first-order valence-electron chi connectivity index (χ1n) is 10.2. The maximum absolute atomic E-state index is 14.8. The Morgan fingerprint density at radius 3 is 2.74 bits per heavy atom. The van der Waals surface area contributed by atoms with Gasteiger partial charge < -0.3 is 10.2 Å². The number of carbonyl (C=O) groups excluding carboxylic acids is 1. The van der Waals surface area contributed by atoms with E-state index in [0.29, 0.717) is 23.0 Å². The average Bonchev–Trinajstić information content (AvgIpc) is 3.38. The van der Waals surface area contributed by atoms with Crippen molar-refractivity contribution in [2.24, 2.45) is 4.99 Å². The van der Waals surface area contributed by atoms with Crippen molar-refractivity contribution in [1.82, 2.24) is 4.98 Å². The highest BCUT2D eigenvalue weighted by Gasteiger charge is 2.32. The molecule has 0 bridgehead atoms. The largest absolute Gasteiger partial charge is 0.369 e. The highest BCUT2D eigenvalue weighted by atomic mass is 19.1. The highest BCUT2D eigenvalue weighted by molar-refractivity contribution is 6.12. The fraction of sp³-hybridized carbons (Fsp3) is 0.208. The number of aliphatic imine (C=N–C) groups is 1. The predicted molar refractivity (Wildman–Crippen MR) is 116 cm³/mol. The molecule has 2 aliphatic heterocycles. The lowest BCUT2D eigenvalue weighted by molar-refractivity contribution is -0.115. The molecule has 0 aliphatic carbocycles. The zero-order chi connectivity index (χ0) is 21.4. The number of nitrogens with one attached hydrogen (secondary N) is 1. The molecule has 1 fully saturated rings. The van der Waals surface area contributed by atoms with Crippen LogP contribution in [0.2, 0.25) is 0 Å². The van der Waals surface area contributed by atoms with Crippen molar-refractivity contribution in [1.29, 1.82) is 0 Å². The Hall–Kier alpha value is -3.61. The van der Waals surface area contributed by atoms with Gasteiger partial charge in [-0.15, -0.1) is 0 Å². The topological polar surface area (TPSA) is 57.6 Å². The number of carbonyl (C=O) groups is 1. The van der Waals surface area contributed by atoms with Gasteiger partial charge in [-0.05, 0) is 48.4 Å². The van der Waals surface area contributed by atoms with E-state index in [9.17, 15) is 13.6 Å². The van der Waals surface area contributed by atoms with Crippen LogP contribution in [0.3, 0.4) is 0 Å². The minimum Gasteiger partial charge on any atom is -0.369 e. The van der Waals surface area contributed by atoms with Crippen LogP contribution in [-0.2, 0) is 4.79 Å². The number of nitrogens with zero attached hydrogens (tertiary/aromatic N) is 3. The van der Waals surface area contributed by atoms with Gasteiger partial charge in [-0.3, -0.25) is 14.8 Å². The Bertz CT molecular complexity index is 1170. The van der Waals surface area contributed by atoms with Gasteiger partial charge in [0.15, 0.2) is 0 Å². The van der Waals surface area contributed by atoms with Gasteiger partial charge in [-0.25, -0.2) is 8.78 Å². The van der Waals surface area contributed by atoms with Crippen molar-refractivity contribution in [2.45, 2.75) is 18.3 Å². The SMILES string of the molecule is O=C1Nc2cccc(F)c2C1C=Nc1ccc(N2CCC(c3ccncc3)C2)c(F)c1. The molecule has 31 heavy (non-hydrogen) atoms. The number of fused-ring (bicyclic) bond motifs is 1. The van der Waals surface area contributed by atoms with Crippen molar-refractivity contribution < 1.29 is 13.6 Å². The van der Waals surface area contributed by atoms with Crippen LogP contribution in [0.4, 0.5) is 25.8 Å². The summed E-state index contributed by atoms with van der Waals surface area (Å²) < 4.78 is 29.0. The van der Waals surface area contributed by atoms with E-state index < -0.39 is 11.7 Å². The summed E-state index contributed by atoms with van der Waals surface area (Å²) in [5, 5.41) is 2.64. The molecule has 1 amide bonds. The Morgan fingerprint density at radius 1 is 1.10 bits per heavy atom. The second kappa shape index (κ2) is 7.91. The Labute approximate surface area is 178 Å². The molecule has 5 nitrogen and oxygen atoms in total. The zero-order valence-electron chi connectivity index (χ0n) is 16.6. The number of hydrogen-bond acceptors (Lipinski definition) is 4. The van der Waals surface area contributed by atoms with E-state index in [1.54, 1.807) is 36.7 Å². The summed E-state index contributed by atoms with van der Waals surface area (Å²) in [6.07, 6.45) is 5.87. The van der Waals surface area contributed by atoms with Crippen molar-refractivity contribution in [2.75, 3.05) is 23.3 Å². The number of hydrogen-bond donors (Lipinski definition) is 1. The van der Waals surface area contributed by atoms with Crippen LogP contribution in [0.1, 0.15) is 29.4 Å². The molecule has 7 heteroatoms. The van der Waals surface area contributed by atoms with Crippen molar-refractivity contribution in [3.8, 4) is 0 Å². The number of benzene rings is 2. The number of anilines is 2. The number of rotatable bonds is 4. The molecule has 3 aromatic rings. The molecule has 3 heterocycles. The van der Waals surface area contributed by atoms with Crippen LogP contribution in [0.25, 0.3) is 0 Å². The van der Waals surface area contributed by atoms with E-state index in [1.165, 1.54) is 23.9 Å². The van der Waals surface area contributed by atoms with Crippen LogP contribution in [0, 0.1) is 11.6 Å². The molecule has 5 rings (SSSR count). The third-order valence-corrected chi connectivity index (χ3v) is 5.91. The van der Waals surface area contributed by atoms with Crippen molar-refractivity contribution in [3.05, 3.63) is 83.7 Å². The summed E-state index contributed by atoms with van der Waals surface area (Å²) >= 11 is 0. The Kier molecular flexibility index (Phi) is 4.94. The first-order chi connectivity index (χ1) is 15.1. The summed E-state index contributed by atoms with van der Waals surface area (Å²) in [5.74, 6) is -1.67. The maximum atomic E-state index is 14.8. The molecule has 2 aliphatic rings. The summed E-state index contributed by atoms with van der Waals surface area (Å²) in [6, 6.07) is 13.3. The van der Waals surface area contributed by atoms with Crippen LogP contribution in [0.5, 0.6) is 0 Å². The monoisotopic (exact) mass is 418 g/mol. The predicted octanol–water partition coefficient (Wildman–Crippen LogP) is 4.79. The van der Waals surface area contributed by atoms with Crippen LogP contribution >= 0.6 is 0 Å². The second-order valence-corrected chi connectivity index (χ2v) is 7.79. The smallest absolute Gasteiger partial charge is 0.237 e. The normalized spacial score (nSPS) is 20.3. The lowest BCUT2D eigenvalue weighted by Gasteiger charge is -2.19. The summed E-state index contributed by atoms with van der Waals surface area (Å²) in [7, 11) is 0. The van der Waals surface area contributed by atoms with E-state index in [1.807, 2.05) is 17.0 Å². The lowest BCUT2D eigenvalue weighted by atomic mass is 10.00. The van der Waals surface area contributed by atoms with E-state index in [2.05, 4.69) is 15.3 Å². The van der Waals surface area contributed by atoms with Crippen LogP contribution in [-0.4, -0.2) is 30.2 Å². The van der Waals surface area contributed by atoms with Crippen molar-refractivity contribution >= 4 is 29.2 Å². The molecule has 2 aromatic carbocycles. The van der Waals surface area contributed by atoms with E-state index in [-0.39, 0.29) is 17.3 Å². The van der Waals surface area contributed by atoms with Crippen molar-refractivity contribution in [3.63, 3.8) is 0 Å². The molecule has 2 unspecified atom stereocenters. The third kappa shape index (κ3) is 3.67. The number of halogens is 2. The van der Waals surface area contributed by atoms with Gasteiger partial charge in [0, 0.05) is 54.9 Å². The van der Waals surface area contributed by atoms with Gasteiger partial charge in [-0.1, -0.05) is 6.07 Å². The number of aromatic nitrogens is 1. The quantitative estimate of drug-likeness (QED) is 0.620. The van der Waals surface area contributed by atoms with E-state index in [4.69, 9.17) is 0 Å². The molecule has 0 saturated carbocycles. The van der Waals surface area contributed by atoms with Gasteiger partial charge in [0.1, 0.15) is 17.6 Å². The first kappa shape index (κ1) is 19.4. The molecule has 0 radical (unpaired) electrons. The van der Waals surface area contributed by atoms with Gasteiger partial charge in [0.05, 0.1) is 11.4 Å². The van der Waals surface area contributed by atoms with Gasteiger partial charge in [-0.2, -0.15) is 0 Å². The molecule has 1 N–H and O–H groups in total. The first-order valence-corrected chi connectivity index (χ1v) is 10.2. The average molecular weight is 418 g/mol. The van der Waals surface area contributed by atoms with Gasteiger partial charge >= 0.3 is 0 Å². The minimum absolute atomic E-state index is 0.271. The third-order valence-electron chi connectivity index (χ3n) is 5.91. The fourth-order valence-corrected chi connectivity index (χ4v) is 4.33. The number of amides is 1. The standard InChI is InChI=1S/C24H20F2N4O/c25-19-2-1-3-21-23(19)18(24(31)29-21)13-28-17-4-5-22(20(26)12-17)30-11-8-16(14-30)15-6-9-27-10-7-15/h1-7,9-10,12-13,16,18H,8,11,14H2,(H,29,31). The minimum atomic E-state index is -0.835. The maximum Gasteiger partial charge on any atom is 0.237 e. The molecule has 1 aromatic heterocycles. The molecule has 2 atom stereocenters. The van der Waals surface area contributed by atoms with E-state index in [0.717, 1.165) is 19.5 Å². The lowest BCUT2D eigenvalue weighted by Crippen LogP contribution is -2.20. The molecule has 0 spiro atoms. The summed E-state index contributed by atoms with van der Waals surface area (Å²) in [6.45, 7) is 1.51. The second-order valence-electron chi connectivity index (χ2n) is 7.79. The molecular weight excluding hydrogens is 398 g/mol. The summed E-state index contributed by atoms with van der Waals surface area (Å²) in [4.78, 5) is 22.5. The van der Waals surface area contributed by atoms with Crippen LogP contribution < -0.4 is 10.2 Å². The zero-order valence-corrected chi connectivity index (χ0v) is 16.6. The molecule has 1 saturated heterocycles. The molecule has 156 valence electrons. The Balaban J connectivity index is 1.32. The van der Waals surface area contributed by atoms with Gasteiger partial charge in [0.2, 0.25) is 5.91 Å². The Morgan fingerprint density at radius 2 is 1.94 bits per heavy atom. The highest BCUT2D eigenvalue weighted by Crippen LogP contribution is 2.35. The van der Waals surface area contributed by atoms with E-state index >= 15 is 0 Å². The fourth-order valence-electron chi connectivity index (χ4n) is 4.33. The number of pyridine rings is 1. The van der Waals surface area contributed by atoms with Gasteiger partial charge in [0.25, 0.3) is 0 Å². The van der Waals surface area contributed by atoms with Crippen LogP contribution in [0.15, 0.2) is 65.9 Å². The molecular formula is C24H20F2N4O.